The van der Waals surface area contributed by atoms with Crippen molar-refractivity contribution in [2.24, 2.45) is 0 Å². The van der Waals surface area contributed by atoms with Crippen LogP contribution in [0.3, 0.4) is 0 Å². The van der Waals surface area contributed by atoms with Crippen LogP contribution in [0.4, 0.5) is 4.39 Å². The number of hydrogen-bond donors (Lipinski definition) is 1. The zero-order chi connectivity index (χ0) is 15.6. The molecule has 0 aliphatic carbocycles. The number of benzene rings is 1. The fourth-order valence-electron chi connectivity index (χ4n) is 1.95. The van der Waals surface area contributed by atoms with Gasteiger partial charge in [-0.05, 0) is 48.0 Å². The molecule has 2 rings (SSSR count). The van der Waals surface area contributed by atoms with Crippen LogP contribution in [-0.4, -0.2) is 20.9 Å². The van der Waals surface area contributed by atoms with E-state index in [2.05, 4.69) is 21.0 Å². The predicted octanol–water partition coefficient (Wildman–Crippen LogP) is 3.39. The number of aromatic carboxylic acids is 1. The van der Waals surface area contributed by atoms with Crippen molar-refractivity contribution < 1.29 is 19.0 Å². The van der Waals surface area contributed by atoms with Crippen LogP contribution in [0, 0.1) is 12.7 Å². The Morgan fingerprint density at radius 3 is 2.86 bits per heavy atom. The smallest absolute Gasteiger partial charge is 0.339 e. The molecule has 1 aromatic carbocycles. The Bertz CT molecular complexity index is 685. The van der Waals surface area contributed by atoms with Gasteiger partial charge in [0.05, 0.1) is 15.9 Å². The van der Waals surface area contributed by atoms with Crippen LogP contribution in [0.25, 0.3) is 0 Å². The lowest BCUT2D eigenvalue weighted by Crippen LogP contribution is -2.09. The predicted molar refractivity (Wildman–Crippen MR) is 78.0 cm³/mol. The van der Waals surface area contributed by atoms with Gasteiger partial charge in [0.1, 0.15) is 23.7 Å². The first-order valence-corrected chi connectivity index (χ1v) is 7.10. The zero-order valence-corrected chi connectivity index (χ0v) is 13.1. The van der Waals surface area contributed by atoms with Crippen molar-refractivity contribution in [3.8, 4) is 5.75 Å². The lowest BCUT2D eigenvalue weighted by Gasteiger charge is -2.10. The van der Waals surface area contributed by atoms with Crippen molar-refractivity contribution in [2.75, 3.05) is 0 Å². The molecule has 1 heterocycles. The van der Waals surface area contributed by atoms with Gasteiger partial charge in [0.15, 0.2) is 0 Å². The average molecular weight is 357 g/mol. The molecule has 0 unspecified atom stereocenters. The average Bonchev–Trinajstić information content (AvgIpc) is 2.72. The highest BCUT2D eigenvalue weighted by atomic mass is 79.9. The van der Waals surface area contributed by atoms with Gasteiger partial charge in [-0.1, -0.05) is 0 Å². The van der Waals surface area contributed by atoms with Crippen LogP contribution in [0.2, 0.25) is 0 Å². The van der Waals surface area contributed by atoms with Gasteiger partial charge in [0.25, 0.3) is 0 Å². The number of carboxylic acids is 1. The summed E-state index contributed by atoms with van der Waals surface area (Å²) in [7, 11) is 0. The highest BCUT2D eigenvalue weighted by Crippen LogP contribution is 2.25. The minimum absolute atomic E-state index is 0.123. The molecule has 0 amide bonds. The Kier molecular flexibility index (Phi) is 4.62. The van der Waals surface area contributed by atoms with E-state index in [4.69, 9.17) is 9.84 Å². The third-order valence-corrected chi connectivity index (χ3v) is 4.02. The summed E-state index contributed by atoms with van der Waals surface area (Å²) in [6, 6.07) is 3.42. The number of rotatable bonds is 5. The molecule has 5 nitrogen and oxygen atoms in total. The molecular weight excluding hydrogens is 343 g/mol. The lowest BCUT2D eigenvalue weighted by molar-refractivity contribution is 0.0691. The third kappa shape index (κ3) is 3.24. The van der Waals surface area contributed by atoms with Gasteiger partial charge < -0.3 is 9.84 Å². The quantitative estimate of drug-likeness (QED) is 0.891. The van der Waals surface area contributed by atoms with Gasteiger partial charge in [0, 0.05) is 6.54 Å². The zero-order valence-electron chi connectivity index (χ0n) is 11.6. The standard InChI is InChI=1S/C14H14BrFN2O3/c1-3-18-11(13(15)8(2)17-18)7-21-12-5-4-9(16)6-10(12)14(19)20/h4-6H,3,7H2,1-2H3,(H,19,20). The molecule has 7 heteroatoms. The van der Waals surface area contributed by atoms with Crippen molar-refractivity contribution in [1.82, 2.24) is 9.78 Å². The Labute approximate surface area is 129 Å². The maximum absolute atomic E-state index is 13.1. The van der Waals surface area contributed by atoms with E-state index in [1.807, 2.05) is 13.8 Å². The summed E-state index contributed by atoms with van der Waals surface area (Å²) < 4.78 is 21.2. The van der Waals surface area contributed by atoms with E-state index in [-0.39, 0.29) is 17.9 Å². The minimum Gasteiger partial charge on any atom is -0.486 e. The van der Waals surface area contributed by atoms with Gasteiger partial charge in [-0.2, -0.15) is 5.10 Å². The third-order valence-electron chi connectivity index (χ3n) is 2.99. The van der Waals surface area contributed by atoms with Crippen molar-refractivity contribution in [3.05, 3.63) is 45.4 Å². The Morgan fingerprint density at radius 1 is 1.52 bits per heavy atom. The first-order chi connectivity index (χ1) is 9.93. The fourth-order valence-corrected chi connectivity index (χ4v) is 2.35. The fraction of sp³-hybridized carbons (Fsp3) is 0.286. The molecule has 1 N–H and O–H groups in total. The van der Waals surface area contributed by atoms with E-state index >= 15 is 0 Å². The number of ether oxygens (including phenoxy) is 1. The van der Waals surface area contributed by atoms with Gasteiger partial charge in [-0.15, -0.1) is 0 Å². The second kappa shape index (κ2) is 6.26. The van der Waals surface area contributed by atoms with Crippen molar-refractivity contribution >= 4 is 21.9 Å². The number of aryl methyl sites for hydroxylation is 2. The van der Waals surface area contributed by atoms with Gasteiger partial charge >= 0.3 is 5.97 Å². The van der Waals surface area contributed by atoms with E-state index in [0.717, 1.165) is 21.9 Å². The first kappa shape index (κ1) is 15.5. The molecule has 21 heavy (non-hydrogen) atoms. The summed E-state index contributed by atoms with van der Waals surface area (Å²) in [4.78, 5) is 11.1. The van der Waals surface area contributed by atoms with E-state index in [0.29, 0.717) is 6.54 Å². The molecule has 112 valence electrons. The summed E-state index contributed by atoms with van der Waals surface area (Å²) in [6.45, 7) is 4.62. The number of hydrogen-bond acceptors (Lipinski definition) is 3. The van der Waals surface area contributed by atoms with Crippen molar-refractivity contribution in [1.29, 1.82) is 0 Å². The molecule has 0 radical (unpaired) electrons. The van der Waals surface area contributed by atoms with Crippen LogP contribution < -0.4 is 4.74 Å². The second-order valence-electron chi connectivity index (χ2n) is 4.40. The highest BCUT2D eigenvalue weighted by molar-refractivity contribution is 9.10. The second-order valence-corrected chi connectivity index (χ2v) is 5.19. The number of carbonyl (C=O) groups is 1. The Hall–Kier alpha value is -1.89. The molecule has 1 aromatic heterocycles. The summed E-state index contributed by atoms with van der Waals surface area (Å²) >= 11 is 3.43. The van der Waals surface area contributed by atoms with Crippen LogP contribution in [-0.2, 0) is 13.2 Å². The molecule has 0 saturated carbocycles. The maximum atomic E-state index is 13.1. The van der Waals surface area contributed by atoms with E-state index < -0.39 is 11.8 Å². The number of aromatic nitrogens is 2. The molecule has 2 aromatic rings. The van der Waals surface area contributed by atoms with E-state index in [1.165, 1.54) is 12.1 Å². The SMILES string of the molecule is CCn1nc(C)c(Br)c1COc1ccc(F)cc1C(=O)O. The number of carboxylic acid groups (broad SMARTS) is 1. The molecule has 0 spiro atoms. The summed E-state index contributed by atoms with van der Waals surface area (Å²) in [5.74, 6) is -1.73. The van der Waals surface area contributed by atoms with Crippen molar-refractivity contribution in [3.63, 3.8) is 0 Å². The molecule has 0 fully saturated rings. The molecule has 0 aliphatic rings. The normalized spacial score (nSPS) is 10.7. The van der Waals surface area contributed by atoms with Gasteiger partial charge in [-0.3, -0.25) is 4.68 Å². The van der Waals surface area contributed by atoms with E-state index in [1.54, 1.807) is 4.68 Å². The molecule has 0 atom stereocenters. The lowest BCUT2D eigenvalue weighted by atomic mass is 10.2. The summed E-state index contributed by atoms with van der Waals surface area (Å²) in [5.41, 5.74) is 1.43. The van der Waals surface area contributed by atoms with Crippen LogP contribution in [0.1, 0.15) is 28.7 Å². The topological polar surface area (TPSA) is 64.4 Å². The largest absolute Gasteiger partial charge is 0.486 e. The number of nitrogens with zero attached hydrogens (tertiary/aromatic N) is 2. The minimum atomic E-state index is -1.23. The van der Waals surface area contributed by atoms with E-state index in [9.17, 15) is 9.18 Å². The van der Waals surface area contributed by atoms with Gasteiger partial charge in [0.2, 0.25) is 0 Å². The highest BCUT2D eigenvalue weighted by Gasteiger charge is 2.16. The molecular formula is C14H14BrFN2O3. The Balaban J connectivity index is 2.27. The Morgan fingerprint density at radius 2 is 2.24 bits per heavy atom. The maximum Gasteiger partial charge on any atom is 0.339 e. The summed E-state index contributed by atoms with van der Waals surface area (Å²) in [6.07, 6.45) is 0. The molecule has 0 bridgehead atoms. The van der Waals surface area contributed by atoms with Crippen LogP contribution in [0.15, 0.2) is 22.7 Å². The monoisotopic (exact) mass is 356 g/mol. The summed E-state index contributed by atoms with van der Waals surface area (Å²) in [5, 5.41) is 13.4. The molecule has 0 saturated heterocycles. The van der Waals surface area contributed by atoms with Gasteiger partial charge in [-0.25, -0.2) is 9.18 Å². The van der Waals surface area contributed by atoms with Crippen LogP contribution >= 0.6 is 15.9 Å². The first-order valence-electron chi connectivity index (χ1n) is 6.31. The van der Waals surface area contributed by atoms with Crippen LogP contribution in [0.5, 0.6) is 5.75 Å². The number of halogens is 2. The van der Waals surface area contributed by atoms with Crippen molar-refractivity contribution in [2.45, 2.75) is 27.0 Å². The molecule has 0 aliphatic heterocycles.